The summed E-state index contributed by atoms with van der Waals surface area (Å²) in [5.41, 5.74) is 6.23. The quantitative estimate of drug-likeness (QED) is 0.842. The summed E-state index contributed by atoms with van der Waals surface area (Å²) in [6, 6.07) is 0. The number of hydrogen-bond donors (Lipinski definition) is 1. The molecule has 2 rings (SSSR count). The van der Waals surface area contributed by atoms with E-state index in [0.717, 1.165) is 31.2 Å². The molecule has 19 heavy (non-hydrogen) atoms. The van der Waals surface area contributed by atoms with Crippen LogP contribution in [0.2, 0.25) is 0 Å². The monoisotopic (exact) mass is 280 g/mol. The molecule has 6 heteroatoms. The lowest BCUT2D eigenvalue weighted by Gasteiger charge is -2.31. The standard InChI is InChI=1S/C13H20N4OS/c1-16(8-10-7-15-17(2)9-10)12(18)13(11(14)19)5-3-4-6-13/h7,9H,3-6,8H2,1-2H3,(H2,14,19). The molecule has 0 unspecified atom stereocenters. The molecule has 1 fully saturated rings. The number of carbonyl (C=O) groups excluding carboxylic acids is 1. The van der Waals surface area contributed by atoms with Crippen molar-refractivity contribution in [2.75, 3.05) is 7.05 Å². The Morgan fingerprint density at radius 2 is 2.21 bits per heavy atom. The van der Waals surface area contributed by atoms with Crippen LogP contribution in [0.4, 0.5) is 0 Å². The zero-order chi connectivity index (χ0) is 14.0. The zero-order valence-electron chi connectivity index (χ0n) is 11.4. The van der Waals surface area contributed by atoms with E-state index in [1.807, 2.05) is 13.2 Å². The SMILES string of the molecule is CN(Cc1cnn(C)c1)C(=O)C1(C(N)=S)CCCC1. The summed E-state index contributed by atoms with van der Waals surface area (Å²) < 4.78 is 1.73. The highest BCUT2D eigenvalue weighted by atomic mass is 32.1. The topological polar surface area (TPSA) is 64.2 Å². The van der Waals surface area contributed by atoms with Crippen LogP contribution in [-0.2, 0) is 18.4 Å². The fourth-order valence-electron chi connectivity index (χ4n) is 2.81. The van der Waals surface area contributed by atoms with Gasteiger partial charge in [-0.25, -0.2) is 0 Å². The molecule has 0 radical (unpaired) electrons. The Bertz CT molecular complexity index is 491. The van der Waals surface area contributed by atoms with E-state index >= 15 is 0 Å². The van der Waals surface area contributed by atoms with Crippen LogP contribution in [0.15, 0.2) is 12.4 Å². The summed E-state index contributed by atoms with van der Waals surface area (Å²) >= 11 is 5.15. The van der Waals surface area contributed by atoms with Crippen molar-refractivity contribution in [3.8, 4) is 0 Å². The van der Waals surface area contributed by atoms with Gasteiger partial charge in [0.1, 0.15) is 0 Å². The van der Waals surface area contributed by atoms with Crippen molar-refractivity contribution in [2.45, 2.75) is 32.2 Å². The Hall–Kier alpha value is -1.43. The molecule has 0 spiro atoms. The maximum absolute atomic E-state index is 12.7. The fraction of sp³-hybridized carbons (Fsp3) is 0.615. The van der Waals surface area contributed by atoms with Gasteiger partial charge in [-0.05, 0) is 12.8 Å². The Kier molecular flexibility index (Phi) is 3.89. The lowest BCUT2D eigenvalue weighted by molar-refractivity contribution is -0.137. The van der Waals surface area contributed by atoms with Crippen LogP contribution in [0.1, 0.15) is 31.2 Å². The minimum absolute atomic E-state index is 0.0429. The van der Waals surface area contributed by atoms with E-state index in [0.29, 0.717) is 11.5 Å². The van der Waals surface area contributed by atoms with Gasteiger partial charge in [-0.15, -0.1) is 0 Å². The molecule has 1 aliphatic rings. The summed E-state index contributed by atoms with van der Waals surface area (Å²) in [5.74, 6) is 0.0429. The molecule has 1 aromatic rings. The van der Waals surface area contributed by atoms with Crippen molar-refractivity contribution in [1.29, 1.82) is 0 Å². The molecule has 1 aliphatic carbocycles. The van der Waals surface area contributed by atoms with Crippen LogP contribution in [0, 0.1) is 5.41 Å². The van der Waals surface area contributed by atoms with Crippen molar-refractivity contribution in [2.24, 2.45) is 18.2 Å². The molecule has 0 aliphatic heterocycles. The summed E-state index contributed by atoms with van der Waals surface area (Å²) in [5, 5.41) is 4.11. The van der Waals surface area contributed by atoms with Gasteiger partial charge in [0, 0.05) is 32.4 Å². The Morgan fingerprint density at radius 3 is 2.68 bits per heavy atom. The number of aryl methyl sites for hydroxylation is 1. The van der Waals surface area contributed by atoms with Crippen molar-refractivity contribution >= 4 is 23.1 Å². The van der Waals surface area contributed by atoms with Gasteiger partial charge >= 0.3 is 0 Å². The van der Waals surface area contributed by atoms with E-state index in [2.05, 4.69) is 5.10 Å². The molecule has 0 bridgehead atoms. The van der Waals surface area contributed by atoms with E-state index in [9.17, 15) is 4.79 Å². The number of rotatable bonds is 4. The molecule has 1 saturated carbocycles. The van der Waals surface area contributed by atoms with Crippen LogP contribution in [0.3, 0.4) is 0 Å². The van der Waals surface area contributed by atoms with Gasteiger partial charge in [-0.2, -0.15) is 5.10 Å². The molecule has 1 heterocycles. The number of carbonyl (C=O) groups is 1. The predicted octanol–water partition coefficient (Wildman–Crippen LogP) is 1.22. The Labute approximate surface area is 118 Å². The third-order valence-electron chi connectivity index (χ3n) is 3.86. The third kappa shape index (κ3) is 2.63. The molecule has 0 saturated heterocycles. The Balaban J connectivity index is 2.11. The lowest BCUT2D eigenvalue weighted by Crippen LogP contribution is -2.47. The first-order valence-corrected chi connectivity index (χ1v) is 6.89. The molecule has 104 valence electrons. The van der Waals surface area contributed by atoms with E-state index in [-0.39, 0.29) is 5.91 Å². The van der Waals surface area contributed by atoms with E-state index in [1.54, 1.807) is 22.8 Å². The van der Waals surface area contributed by atoms with Gasteiger partial charge in [-0.3, -0.25) is 9.48 Å². The van der Waals surface area contributed by atoms with Crippen molar-refractivity contribution in [3.05, 3.63) is 18.0 Å². The summed E-state index contributed by atoms with van der Waals surface area (Å²) in [7, 11) is 3.66. The van der Waals surface area contributed by atoms with E-state index in [1.165, 1.54) is 0 Å². The van der Waals surface area contributed by atoms with Crippen molar-refractivity contribution < 1.29 is 4.79 Å². The average molecular weight is 280 g/mol. The second-order valence-corrected chi connectivity index (χ2v) is 5.78. The first-order valence-electron chi connectivity index (χ1n) is 6.49. The maximum Gasteiger partial charge on any atom is 0.235 e. The molecule has 2 N–H and O–H groups in total. The minimum atomic E-state index is -0.619. The molecular formula is C13H20N4OS. The van der Waals surface area contributed by atoms with Gasteiger partial charge in [0.15, 0.2) is 0 Å². The van der Waals surface area contributed by atoms with Gasteiger partial charge in [0.05, 0.1) is 16.6 Å². The first kappa shape index (κ1) is 14.0. The van der Waals surface area contributed by atoms with Gasteiger partial charge in [0.25, 0.3) is 0 Å². The highest BCUT2D eigenvalue weighted by Crippen LogP contribution is 2.40. The summed E-state index contributed by atoms with van der Waals surface area (Å²) in [6.45, 7) is 0.539. The van der Waals surface area contributed by atoms with Crippen LogP contribution in [-0.4, -0.2) is 32.6 Å². The molecule has 0 aromatic carbocycles. The number of amides is 1. The van der Waals surface area contributed by atoms with E-state index < -0.39 is 5.41 Å². The largest absolute Gasteiger partial charge is 0.392 e. The van der Waals surface area contributed by atoms with Gasteiger partial charge in [0.2, 0.25) is 5.91 Å². The van der Waals surface area contributed by atoms with Crippen LogP contribution in [0.5, 0.6) is 0 Å². The average Bonchev–Trinajstić information content (AvgIpc) is 2.98. The third-order valence-corrected chi connectivity index (χ3v) is 4.25. The second kappa shape index (κ2) is 5.28. The van der Waals surface area contributed by atoms with Crippen LogP contribution >= 0.6 is 12.2 Å². The highest BCUT2D eigenvalue weighted by molar-refractivity contribution is 7.80. The number of nitrogens with zero attached hydrogens (tertiary/aromatic N) is 3. The van der Waals surface area contributed by atoms with Gasteiger partial charge in [-0.1, -0.05) is 25.1 Å². The lowest BCUT2D eigenvalue weighted by atomic mass is 9.84. The minimum Gasteiger partial charge on any atom is -0.392 e. The summed E-state index contributed by atoms with van der Waals surface area (Å²) in [6.07, 6.45) is 7.27. The predicted molar refractivity (Wildman–Crippen MR) is 77.4 cm³/mol. The normalized spacial score (nSPS) is 17.4. The number of nitrogens with two attached hydrogens (primary N) is 1. The smallest absolute Gasteiger partial charge is 0.235 e. The number of aromatic nitrogens is 2. The molecule has 1 aromatic heterocycles. The molecule has 5 nitrogen and oxygen atoms in total. The number of hydrogen-bond acceptors (Lipinski definition) is 3. The van der Waals surface area contributed by atoms with Gasteiger partial charge < -0.3 is 10.6 Å². The van der Waals surface area contributed by atoms with Crippen molar-refractivity contribution in [1.82, 2.24) is 14.7 Å². The fourth-order valence-corrected chi connectivity index (χ4v) is 3.10. The summed E-state index contributed by atoms with van der Waals surface area (Å²) in [4.78, 5) is 14.7. The first-order chi connectivity index (χ1) is 8.95. The molecular weight excluding hydrogens is 260 g/mol. The zero-order valence-corrected chi connectivity index (χ0v) is 12.2. The highest BCUT2D eigenvalue weighted by Gasteiger charge is 2.45. The van der Waals surface area contributed by atoms with E-state index in [4.69, 9.17) is 18.0 Å². The maximum atomic E-state index is 12.7. The second-order valence-electron chi connectivity index (χ2n) is 5.34. The number of thiocarbonyl (C=S) groups is 1. The van der Waals surface area contributed by atoms with Crippen LogP contribution < -0.4 is 5.73 Å². The van der Waals surface area contributed by atoms with Crippen LogP contribution in [0.25, 0.3) is 0 Å². The Morgan fingerprint density at radius 1 is 1.58 bits per heavy atom. The molecule has 1 amide bonds. The molecule has 0 atom stereocenters. The van der Waals surface area contributed by atoms with Crippen molar-refractivity contribution in [3.63, 3.8) is 0 Å².